The maximum atomic E-state index is 10.1. The lowest BCUT2D eigenvalue weighted by Crippen LogP contribution is -2.45. The minimum absolute atomic E-state index is 0.507. The van der Waals surface area contributed by atoms with Gasteiger partial charge in [-0.05, 0) is 53.4 Å². The Morgan fingerprint density at radius 1 is 1.45 bits per heavy atom. The Balaban J connectivity index is 1.81. The average Bonchev–Trinajstić information content (AvgIpc) is 2.49. The fourth-order valence-electron chi connectivity index (χ4n) is 2.45. The fraction of sp³-hybridized carbons (Fsp3) is 0.312. The molecule has 3 N–H and O–H groups in total. The molecule has 6 heteroatoms. The molecule has 2 aromatic rings. The van der Waals surface area contributed by atoms with Crippen LogP contribution < -0.4 is 5.32 Å². The highest BCUT2D eigenvalue weighted by Crippen LogP contribution is 2.30. The third kappa shape index (κ3) is 3.18. The predicted molar refractivity (Wildman–Crippen MR) is 90.8 cm³/mol. The molecule has 1 aliphatic carbocycles. The molecular weight excluding hydrogens is 344 g/mol. The lowest BCUT2D eigenvalue weighted by molar-refractivity contribution is -0.0287. The summed E-state index contributed by atoms with van der Waals surface area (Å²) in [6, 6.07) is 5.66. The van der Waals surface area contributed by atoms with Crippen molar-refractivity contribution in [3.8, 4) is 0 Å². The Kier molecular flexibility index (Phi) is 4.22. The van der Waals surface area contributed by atoms with Crippen LogP contribution in [0.3, 0.4) is 0 Å². The van der Waals surface area contributed by atoms with Crippen molar-refractivity contribution in [1.82, 2.24) is 15.3 Å². The quantitative estimate of drug-likeness (QED) is 0.565. The van der Waals surface area contributed by atoms with Gasteiger partial charge >= 0.3 is 0 Å². The minimum atomic E-state index is -0.586. The lowest BCUT2D eigenvalue weighted by atomic mass is 9.80. The van der Waals surface area contributed by atoms with E-state index in [9.17, 15) is 5.11 Å². The molecule has 0 bridgehead atoms. The van der Waals surface area contributed by atoms with Gasteiger partial charge in [-0.1, -0.05) is 0 Å². The molecule has 5 nitrogen and oxygen atoms in total. The van der Waals surface area contributed by atoms with Crippen LogP contribution in [0.4, 0.5) is 0 Å². The number of halogens is 1. The first-order valence-corrected chi connectivity index (χ1v) is 7.98. The molecule has 1 saturated carbocycles. The molecule has 0 unspecified atom stereocenters. The summed E-state index contributed by atoms with van der Waals surface area (Å²) in [7, 11) is 0. The van der Waals surface area contributed by atoms with Gasteiger partial charge in [0, 0.05) is 36.1 Å². The van der Waals surface area contributed by atoms with Gasteiger partial charge in [-0.2, -0.15) is 0 Å². The molecule has 114 valence electrons. The number of nitrogens with zero attached hydrogens (tertiary/aromatic N) is 2. The number of hydrogen-bond donors (Lipinski definition) is 3. The van der Waals surface area contributed by atoms with E-state index < -0.39 is 5.60 Å². The van der Waals surface area contributed by atoms with E-state index in [-0.39, 0.29) is 0 Å². The Morgan fingerprint density at radius 3 is 2.95 bits per heavy atom. The maximum absolute atomic E-state index is 10.1. The number of aliphatic hydroxyl groups is 1. The number of pyridine rings is 2. The largest absolute Gasteiger partial charge is 0.388 e. The van der Waals surface area contributed by atoms with Crippen LogP contribution in [0.1, 0.15) is 25.0 Å². The molecule has 0 radical (unpaired) electrons. The summed E-state index contributed by atoms with van der Waals surface area (Å²) in [5, 5.41) is 21.7. The number of nitrogens with one attached hydrogen (secondary N) is 2. The highest BCUT2D eigenvalue weighted by atomic mass is 79.9. The van der Waals surface area contributed by atoms with Crippen LogP contribution in [0, 0.1) is 5.41 Å². The molecule has 3 rings (SSSR count). The van der Waals surface area contributed by atoms with E-state index in [4.69, 9.17) is 5.41 Å². The number of rotatable bonds is 5. The second-order valence-corrected chi connectivity index (χ2v) is 6.41. The van der Waals surface area contributed by atoms with E-state index in [0.717, 1.165) is 34.8 Å². The third-order valence-corrected chi connectivity index (χ3v) is 4.40. The van der Waals surface area contributed by atoms with Crippen molar-refractivity contribution in [2.45, 2.75) is 24.9 Å². The first kappa shape index (κ1) is 15.1. The van der Waals surface area contributed by atoms with Crippen LogP contribution in [-0.4, -0.2) is 33.4 Å². The maximum Gasteiger partial charge on any atom is 0.108 e. The van der Waals surface area contributed by atoms with Gasteiger partial charge in [0.25, 0.3) is 0 Å². The molecule has 2 aromatic heterocycles. The average molecular weight is 361 g/mol. The predicted octanol–water partition coefficient (Wildman–Crippen LogP) is 2.89. The third-order valence-electron chi connectivity index (χ3n) is 3.96. The summed E-state index contributed by atoms with van der Waals surface area (Å²) in [6.07, 6.45) is 7.52. The van der Waals surface area contributed by atoms with Crippen molar-refractivity contribution in [1.29, 1.82) is 5.41 Å². The smallest absolute Gasteiger partial charge is 0.108 e. The van der Waals surface area contributed by atoms with Crippen molar-refractivity contribution in [2.24, 2.45) is 0 Å². The molecule has 0 amide bonds. The van der Waals surface area contributed by atoms with E-state index in [0.29, 0.717) is 17.8 Å². The highest BCUT2D eigenvalue weighted by Gasteiger charge is 2.33. The van der Waals surface area contributed by atoms with Gasteiger partial charge in [-0.25, -0.2) is 9.97 Å². The Hall–Kier alpha value is -1.79. The zero-order valence-corrected chi connectivity index (χ0v) is 13.6. The molecule has 0 aliphatic heterocycles. The number of aromatic nitrogens is 2. The lowest BCUT2D eigenvalue weighted by Gasteiger charge is -2.36. The zero-order chi connectivity index (χ0) is 15.6. The monoisotopic (exact) mass is 360 g/mol. The van der Waals surface area contributed by atoms with Crippen LogP contribution in [-0.2, 0) is 0 Å². The van der Waals surface area contributed by atoms with Crippen molar-refractivity contribution in [3.05, 3.63) is 40.9 Å². The van der Waals surface area contributed by atoms with Crippen molar-refractivity contribution in [3.63, 3.8) is 0 Å². The normalized spacial score (nSPS) is 17.1. The zero-order valence-electron chi connectivity index (χ0n) is 12.0. The minimum Gasteiger partial charge on any atom is -0.388 e. The summed E-state index contributed by atoms with van der Waals surface area (Å²) in [5.74, 6) is 0. The highest BCUT2D eigenvalue weighted by molar-refractivity contribution is 9.10. The van der Waals surface area contributed by atoms with Crippen LogP contribution in [0.15, 0.2) is 35.2 Å². The molecule has 0 aromatic carbocycles. The van der Waals surface area contributed by atoms with Crippen molar-refractivity contribution in [2.75, 3.05) is 6.54 Å². The topological polar surface area (TPSA) is 81.9 Å². The molecule has 0 atom stereocenters. The Bertz CT molecular complexity index is 740. The first-order valence-electron chi connectivity index (χ1n) is 7.19. The van der Waals surface area contributed by atoms with Gasteiger partial charge in [0.1, 0.15) is 4.60 Å². The summed E-state index contributed by atoms with van der Waals surface area (Å²) in [4.78, 5) is 8.74. The van der Waals surface area contributed by atoms with E-state index in [1.165, 1.54) is 6.21 Å². The summed E-state index contributed by atoms with van der Waals surface area (Å²) in [5.41, 5.74) is 1.63. The molecule has 2 heterocycles. The number of fused-ring (bicyclic) bond motifs is 1. The number of allylic oxidation sites excluding steroid dienone is 1. The van der Waals surface area contributed by atoms with Crippen LogP contribution in [0.2, 0.25) is 0 Å². The van der Waals surface area contributed by atoms with Gasteiger partial charge in [-0.3, -0.25) is 0 Å². The van der Waals surface area contributed by atoms with Crippen molar-refractivity contribution < 1.29 is 5.11 Å². The van der Waals surface area contributed by atoms with Crippen molar-refractivity contribution >= 4 is 38.6 Å². The van der Waals surface area contributed by atoms with E-state index in [1.807, 2.05) is 18.2 Å². The van der Waals surface area contributed by atoms with Gasteiger partial charge in [-0.15, -0.1) is 0 Å². The van der Waals surface area contributed by atoms with Gasteiger partial charge < -0.3 is 15.8 Å². The van der Waals surface area contributed by atoms with Gasteiger partial charge in [0.05, 0.1) is 16.8 Å². The van der Waals surface area contributed by atoms with E-state index in [1.54, 1.807) is 12.4 Å². The van der Waals surface area contributed by atoms with E-state index >= 15 is 0 Å². The number of hydrogen-bond acceptors (Lipinski definition) is 5. The molecular formula is C16H17BrN4O. The summed E-state index contributed by atoms with van der Waals surface area (Å²) in [6.45, 7) is 0.507. The first-order chi connectivity index (χ1) is 10.6. The standard InChI is InChI=1S/C16H17BrN4O/c17-15-6-14-11(9-20-15)2-3-13(21-14)12(7-18)8-19-10-16(22)4-1-5-16/h2-3,6-9,18-19,22H,1,4-5,10H2/b12-8+,18-7?. The Labute approximate surface area is 137 Å². The second kappa shape index (κ2) is 6.14. The van der Waals surface area contributed by atoms with Gasteiger partial charge in [0.15, 0.2) is 0 Å². The van der Waals surface area contributed by atoms with Crippen LogP contribution in [0.5, 0.6) is 0 Å². The molecule has 0 spiro atoms. The fourth-order valence-corrected chi connectivity index (χ4v) is 2.77. The Morgan fingerprint density at radius 2 is 2.27 bits per heavy atom. The SMILES string of the molecule is N=C/C(=C\NCC1(O)CCC1)c1ccc2cnc(Br)cc2n1. The summed E-state index contributed by atoms with van der Waals surface area (Å²) < 4.78 is 0.732. The second-order valence-electron chi connectivity index (χ2n) is 5.60. The molecule has 0 saturated heterocycles. The molecule has 22 heavy (non-hydrogen) atoms. The van der Waals surface area contributed by atoms with Crippen LogP contribution in [0.25, 0.3) is 16.5 Å². The summed E-state index contributed by atoms with van der Waals surface area (Å²) >= 11 is 3.34. The van der Waals surface area contributed by atoms with Gasteiger partial charge in [0.2, 0.25) is 0 Å². The molecule has 1 aliphatic rings. The molecule has 1 fully saturated rings. The van der Waals surface area contributed by atoms with Crippen LogP contribution >= 0.6 is 15.9 Å². The van der Waals surface area contributed by atoms with E-state index in [2.05, 4.69) is 31.2 Å².